The second-order valence-corrected chi connectivity index (χ2v) is 42.1. The number of halogens is 8. The Balaban J connectivity index is 0.000000691. The largest absolute Gasteiger partial charge is 0.294 e. The molecule has 14 heteroatoms. The van der Waals surface area contributed by atoms with Crippen LogP contribution in [0.5, 0.6) is 0 Å². The Kier molecular flexibility index (Phi) is 51.1. The van der Waals surface area contributed by atoms with Crippen LogP contribution in [-0.2, 0) is 0 Å². The lowest BCUT2D eigenvalue weighted by Gasteiger charge is -2.25. The predicted octanol–water partition coefficient (Wildman–Crippen LogP) is 35.5. The molecule has 0 bridgehead atoms. The second kappa shape index (κ2) is 54.1. The molecule has 642 valence electrons. The lowest BCUT2D eigenvalue weighted by molar-refractivity contribution is 0.0866. The van der Waals surface area contributed by atoms with Crippen LogP contribution in [0, 0.1) is 68.0 Å². The molecule has 0 spiro atoms. The van der Waals surface area contributed by atoms with E-state index in [9.17, 15) is 28.8 Å². The summed E-state index contributed by atoms with van der Waals surface area (Å²) in [5.41, 5.74) is 5.30. The first-order chi connectivity index (χ1) is 53.3. The average Bonchev–Trinajstić information content (AvgIpc) is 0.795. The Morgan fingerprint density at radius 1 is 0.235 bits per heavy atom. The van der Waals surface area contributed by atoms with Gasteiger partial charge >= 0.3 is 0 Å². The third-order valence-corrected chi connectivity index (χ3v) is 21.9. The summed E-state index contributed by atoms with van der Waals surface area (Å²) in [6.45, 7) is 52.1. The second-order valence-electron chi connectivity index (χ2n) is 38.7. The van der Waals surface area contributed by atoms with Crippen molar-refractivity contribution < 1.29 is 28.8 Å². The fraction of sp³-hybridized carbons (Fsp3) is 0.584. The molecule has 0 radical (unpaired) electrons. The predicted molar refractivity (Wildman–Crippen MR) is 503 cm³/mol. The van der Waals surface area contributed by atoms with E-state index < -0.39 is 0 Å². The number of unbranched alkanes of at least 4 members (excludes halogenated alkanes) is 6. The van der Waals surface area contributed by atoms with Crippen LogP contribution >= 0.6 is 92.8 Å². The molecule has 115 heavy (non-hydrogen) atoms. The molecule has 0 aliphatic carbocycles. The molecule has 0 saturated carbocycles. The van der Waals surface area contributed by atoms with E-state index >= 15 is 0 Å². The van der Waals surface area contributed by atoms with E-state index in [4.69, 9.17) is 92.8 Å². The summed E-state index contributed by atoms with van der Waals surface area (Å²) in [7, 11) is 0. The zero-order valence-electron chi connectivity index (χ0n) is 74.9. The molecule has 0 aliphatic heterocycles. The Hall–Kier alpha value is -4.34. The molecule has 6 nitrogen and oxygen atoms in total. The molecule has 6 atom stereocenters. The first-order valence-electron chi connectivity index (χ1n) is 42.5. The summed E-state index contributed by atoms with van der Waals surface area (Å²) in [4.78, 5) is 75.6. The molecule has 0 aliphatic rings. The van der Waals surface area contributed by atoms with E-state index in [1.807, 2.05) is 73.7 Å². The molecule has 0 amide bonds. The van der Waals surface area contributed by atoms with Crippen molar-refractivity contribution in [3.05, 3.63) is 207 Å². The van der Waals surface area contributed by atoms with Crippen LogP contribution in [0.2, 0.25) is 40.2 Å². The zero-order valence-corrected chi connectivity index (χ0v) is 80.9. The number of benzene rings is 6. The van der Waals surface area contributed by atoms with Gasteiger partial charge < -0.3 is 0 Å². The van der Waals surface area contributed by atoms with Gasteiger partial charge in [0.05, 0.1) is 20.1 Å². The van der Waals surface area contributed by atoms with Gasteiger partial charge in [-0.3, -0.25) is 28.8 Å². The quantitative estimate of drug-likeness (QED) is 0.0290. The summed E-state index contributed by atoms with van der Waals surface area (Å²) < 4.78 is 0. The maximum Gasteiger partial charge on any atom is 0.166 e. The van der Waals surface area contributed by atoms with Gasteiger partial charge in [-0.2, -0.15) is 0 Å². The van der Waals surface area contributed by atoms with Crippen LogP contribution in [0.4, 0.5) is 0 Å². The van der Waals surface area contributed by atoms with E-state index in [0.717, 1.165) is 138 Å². The first kappa shape index (κ1) is 109. The molecular formula is C101H146Cl8O6. The molecule has 0 heterocycles. The topological polar surface area (TPSA) is 102 Å². The fourth-order valence-electron chi connectivity index (χ4n) is 14.4. The van der Waals surface area contributed by atoms with Gasteiger partial charge in [0.25, 0.3) is 0 Å². The minimum Gasteiger partial charge on any atom is -0.294 e. The molecular weight excluding hydrogens is 1590 g/mol. The Morgan fingerprint density at radius 3 is 0.678 bits per heavy atom. The van der Waals surface area contributed by atoms with E-state index in [2.05, 4.69) is 159 Å². The maximum atomic E-state index is 12.8. The zero-order chi connectivity index (χ0) is 87.8. The number of rotatable bonds is 35. The van der Waals surface area contributed by atoms with Gasteiger partial charge in [-0.05, 0) is 194 Å². The van der Waals surface area contributed by atoms with Crippen LogP contribution in [-0.4, -0.2) is 34.7 Å². The molecule has 6 unspecified atom stereocenters. The van der Waals surface area contributed by atoms with Crippen molar-refractivity contribution >= 4 is 128 Å². The van der Waals surface area contributed by atoms with Crippen LogP contribution in [0.3, 0.4) is 0 Å². The summed E-state index contributed by atoms with van der Waals surface area (Å²) in [5.74, 6) is 1.85. The molecule has 6 rings (SSSR count). The van der Waals surface area contributed by atoms with Gasteiger partial charge in [0.1, 0.15) is 0 Å². The van der Waals surface area contributed by atoms with Crippen LogP contribution in [0.15, 0.2) is 133 Å². The Morgan fingerprint density at radius 2 is 0.452 bits per heavy atom. The van der Waals surface area contributed by atoms with Gasteiger partial charge in [-0.15, -0.1) is 0 Å². The molecule has 0 aromatic heterocycles. The summed E-state index contributed by atoms with van der Waals surface area (Å²) in [6.07, 6.45) is 23.8. The monoisotopic (exact) mass is 1730 g/mol. The van der Waals surface area contributed by atoms with Crippen molar-refractivity contribution in [1.29, 1.82) is 0 Å². The fourth-order valence-corrected chi connectivity index (χ4v) is 15.7. The molecule has 6 aromatic carbocycles. The Labute approximate surface area is 739 Å². The van der Waals surface area contributed by atoms with E-state index in [0.29, 0.717) is 51.3 Å². The van der Waals surface area contributed by atoms with Gasteiger partial charge in [0, 0.05) is 89.0 Å². The minimum absolute atomic E-state index is 0.0437. The summed E-state index contributed by atoms with van der Waals surface area (Å²) in [6, 6.07) is 39.5. The number of ketones is 6. The minimum atomic E-state index is 0.0437. The summed E-state index contributed by atoms with van der Waals surface area (Å²) >= 11 is 47.6. The smallest absolute Gasteiger partial charge is 0.166 e. The van der Waals surface area contributed by atoms with Crippen molar-refractivity contribution in [2.75, 3.05) is 0 Å². The normalized spacial score (nSPS) is 13.3. The first-order valence-corrected chi connectivity index (χ1v) is 45.5. The van der Waals surface area contributed by atoms with Gasteiger partial charge in [0.15, 0.2) is 34.7 Å². The van der Waals surface area contributed by atoms with Crippen molar-refractivity contribution in [3.8, 4) is 0 Å². The van der Waals surface area contributed by atoms with E-state index in [1.165, 1.54) is 32.1 Å². The number of carbonyl (C=O) groups is 6. The van der Waals surface area contributed by atoms with Crippen LogP contribution in [0.1, 0.15) is 376 Å². The van der Waals surface area contributed by atoms with E-state index in [-0.39, 0.29) is 103 Å². The van der Waals surface area contributed by atoms with Crippen molar-refractivity contribution in [2.45, 2.75) is 314 Å². The van der Waals surface area contributed by atoms with Gasteiger partial charge in [-0.25, -0.2) is 0 Å². The van der Waals surface area contributed by atoms with Crippen molar-refractivity contribution in [2.24, 2.45) is 68.0 Å². The molecule has 6 aromatic rings. The standard InChI is InChI=1S/C19H29ClO.C18H27ClO.C17H25ClO.C16H22Cl2O.C16H23ClO.C15H20Cl2O/c1-5-6-7-8-10-16(14-19(2,3)4)18(21)15-11-9-12-17(20)13-15;1-5-6-7-9-15(13-18(2,3)4)17(20)14-10-8-11-16(19)12-14;1-5-6-8-14(12-17(2,3)4)16(19)13-9-7-10-15(18)11-13;1-5-6-12(10-16(2,3)4)15(19)11-7-8-13(17)14(18)9-11;1-5-7-13(11-16(2,3)4)15(18)12-8-6-9-14(17)10-12;1-5-10(9-15(2,3)4)14(18)11-6-7-12(16)13(17)8-11/h9,11-13,16H,5-8,10,14H2,1-4H3;8,10-12,15H,5-7,9,13H2,1-4H3;7,9-11,14H,5-6,8,12H2,1-4H3;7-9,12H,5-6,10H2,1-4H3;6,8-10,13H,5,7,11H2,1-4H3;6-8,10H,5,9H2,1-4H3. The third-order valence-electron chi connectivity index (χ3n) is 19.5. The number of hydrogen-bond acceptors (Lipinski definition) is 6. The van der Waals surface area contributed by atoms with Gasteiger partial charge in [-0.1, -0.05) is 378 Å². The maximum absolute atomic E-state index is 12.8. The van der Waals surface area contributed by atoms with Crippen molar-refractivity contribution in [3.63, 3.8) is 0 Å². The highest BCUT2D eigenvalue weighted by atomic mass is 35.5. The van der Waals surface area contributed by atoms with Crippen molar-refractivity contribution in [1.82, 2.24) is 0 Å². The number of hydrogen-bond donors (Lipinski definition) is 0. The molecule has 0 fully saturated rings. The highest BCUT2D eigenvalue weighted by Gasteiger charge is 2.31. The highest BCUT2D eigenvalue weighted by molar-refractivity contribution is 6.43. The van der Waals surface area contributed by atoms with Crippen LogP contribution < -0.4 is 0 Å². The number of carbonyl (C=O) groups excluding carboxylic acids is 6. The summed E-state index contributed by atoms with van der Waals surface area (Å²) in [5, 5.41) is 4.40. The lowest BCUT2D eigenvalue weighted by Crippen LogP contribution is -2.21. The SMILES string of the molecule is CCC(CC(C)(C)C)C(=O)c1ccc(Cl)c(Cl)c1.CCCC(CC(C)(C)C)C(=O)c1ccc(Cl)c(Cl)c1.CCCC(CC(C)(C)C)C(=O)c1cccc(Cl)c1.CCCCC(CC(C)(C)C)C(=O)c1cccc(Cl)c1.CCCCCC(CC(C)(C)C)C(=O)c1cccc(Cl)c1.CCCCCCC(CC(C)(C)C)C(=O)c1cccc(Cl)c1. The average molecular weight is 1740 g/mol. The van der Waals surface area contributed by atoms with Crippen LogP contribution in [0.25, 0.3) is 0 Å². The van der Waals surface area contributed by atoms with E-state index in [1.54, 1.807) is 66.7 Å². The number of Topliss-reactive ketones (excluding diaryl/α,β-unsaturated/α-hetero) is 6. The Bertz CT molecular complexity index is 3870. The highest BCUT2D eigenvalue weighted by Crippen LogP contribution is 2.38. The third kappa shape index (κ3) is 48.0. The lowest BCUT2D eigenvalue weighted by atomic mass is 9.79. The molecule has 0 N–H and O–H groups in total. The molecule has 0 saturated heterocycles. The van der Waals surface area contributed by atoms with Gasteiger partial charge in [0.2, 0.25) is 0 Å².